The lowest BCUT2D eigenvalue weighted by Gasteiger charge is -2.25. The molecule has 1 fully saturated rings. The van der Waals surface area contributed by atoms with Crippen molar-refractivity contribution in [2.24, 2.45) is 5.92 Å². The van der Waals surface area contributed by atoms with E-state index >= 15 is 0 Å². The second-order valence-corrected chi connectivity index (χ2v) is 6.31. The Balaban J connectivity index is 1.96. The van der Waals surface area contributed by atoms with Gasteiger partial charge in [0.15, 0.2) is 5.65 Å². The number of methoxy groups -OCH3 is 1. The van der Waals surface area contributed by atoms with Gasteiger partial charge in [-0.05, 0) is 45.6 Å². The first-order valence-corrected chi connectivity index (χ1v) is 7.27. The number of aromatic nitrogens is 2. The van der Waals surface area contributed by atoms with Gasteiger partial charge in [-0.15, -0.1) is 0 Å². The summed E-state index contributed by atoms with van der Waals surface area (Å²) in [5.74, 6) is 1.03. The molecule has 1 saturated carbocycles. The van der Waals surface area contributed by atoms with E-state index in [0.29, 0.717) is 23.0 Å². The Morgan fingerprint density at radius 2 is 2.19 bits per heavy atom. The lowest BCUT2D eigenvalue weighted by molar-refractivity contribution is 0.0905. The van der Waals surface area contributed by atoms with Crippen molar-refractivity contribution in [3.63, 3.8) is 0 Å². The highest BCUT2D eigenvalue weighted by molar-refractivity contribution is 6.00. The molecule has 1 aliphatic carbocycles. The molecule has 0 unspecified atom stereocenters. The van der Waals surface area contributed by atoms with Gasteiger partial charge in [0.25, 0.3) is 5.91 Å². The van der Waals surface area contributed by atoms with Crippen LogP contribution in [0.4, 0.5) is 0 Å². The van der Waals surface area contributed by atoms with Crippen LogP contribution in [0.15, 0.2) is 18.3 Å². The molecule has 1 N–H and O–H groups in total. The molecule has 0 spiro atoms. The van der Waals surface area contributed by atoms with E-state index in [2.05, 4.69) is 24.1 Å². The monoisotopic (exact) mass is 287 g/mol. The van der Waals surface area contributed by atoms with Crippen LogP contribution in [0.3, 0.4) is 0 Å². The summed E-state index contributed by atoms with van der Waals surface area (Å²) in [6.45, 7) is 6.13. The van der Waals surface area contributed by atoms with E-state index in [-0.39, 0.29) is 11.4 Å². The number of carbonyl (C=O) groups is 1. The molecule has 0 aromatic carbocycles. The van der Waals surface area contributed by atoms with Gasteiger partial charge in [-0.2, -0.15) is 4.98 Å². The van der Waals surface area contributed by atoms with E-state index in [0.717, 1.165) is 5.69 Å². The molecule has 0 atom stereocenters. The van der Waals surface area contributed by atoms with Crippen molar-refractivity contribution >= 4 is 11.6 Å². The predicted octanol–water partition coefficient (Wildman–Crippen LogP) is 2.57. The first-order valence-electron chi connectivity index (χ1n) is 7.27. The summed E-state index contributed by atoms with van der Waals surface area (Å²) in [4.78, 5) is 17.0. The quantitative estimate of drug-likeness (QED) is 0.940. The van der Waals surface area contributed by atoms with E-state index in [4.69, 9.17) is 4.74 Å². The molecule has 0 radical (unpaired) electrons. The summed E-state index contributed by atoms with van der Waals surface area (Å²) in [5, 5.41) is 3.14. The predicted molar refractivity (Wildman–Crippen MR) is 80.8 cm³/mol. The third-order valence-electron chi connectivity index (χ3n) is 4.28. The molecule has 3 rings (SSSR count). The standard InChI is InChI=1S/C16H21N3O2/c1-10-9-13(21-4)17-14-12(7-8-19(10)14)15(20)18-16(2,3)11-5-6-11/h7-9,11H,5-6H2,1-4H3,(H,18,20). The number of carbonyl (C=O) groups excluding carboxylic acids is 1. The van der Waals surface area contributed by atoms with E-state index in [1.165, 1.54) is 12.8 Å². The number of aryl methyl sites for hydroxylation is 1. The first-order chi connectivity index (χ1) is 9.92. The molecule has 5 heteroatoms. The third kappa shape index (κ3) is 2.48. The fourth-order valence-electron chi connectivity index (χ4n) is 2.76. The second-order valence-electron chi connectivity index (χ2n) is 6.31. The number of amides is 1. The Bertz CT molecular complexity index is 699. The van der Waals surface area contributed by atoms with Crippen molar-refractivity contribution in [2.75, 3.05) is 7.11 Å². The highest BCUT2D eigenvalue weighted by Crippen LogP contribution is 2.39. The average Bonchev–Trinajstić information content (AvgIpc) is 3.19. The lowest BCUT2D eigenvalue weighted by atomic mass is 9.98. The zero-order chi connectivity index (χ0) is 15.2. The van der Waals surface area contributed by atoms with Gasteiger partial charge < -0.3 is 14.5 Å². The van der Waals surface area contributed by atoms with E-state index < -0.39 is 0 Å². The molecule has 0 bridgehead atoms. The highest BCUT2D eigenvalue weighted by Gasteiger charge is 2.39. The van der Waals surface area contributed by atoms with Crippen LogP contribution in [0.2, 0.25) is 0 Å². The number of nitrogens with zero attached hydrogens (tertiary/aromatic N) is 2. The molecule has 2 aromatic heterocycles. The van der Waals surface area contributed by atoms with E-state index in [9.17, 15) is 4.79 Å². The van der Waals surface area contributed by atoms with Gasteiger partial charge in [-0.1, -0.05) is 0 Å². The van der Waals surface area contributed by atoms with Gasteiger partial charge in [0, 0.05) is 23.5 Å². The highest BCUT2D eigenvalue weighted by atomic mass is 16.5. The largest absolute Gasteiger partial charge is 0.481 e. The topological polar surface area (TPSA) is 55.6 Å². The molecule has 5 nitrogen and oxygen atoms in total. The van der Waals surface area contributed by atoms with Crippen molar-refractivity contribution in [3.05, 3.63) is 29.6 Å². The van der Waals surface area contributed by atoms with Crippen LogP contribution in [0, 0.1) is 12.8 Å². The number of hydrogen-bond acceptors (Lipinski definition) is 3. The second kappa shape index (κ2) is 4.76. The van der Waals surface area contributed by atoms with Crippen LogP contribution in [-0.4, -0.2) is 27.9 Å². The number of rotatable bonds is 4. The van der Waals surface area contributed by atoms with Crippen LogP contribution < -0.4 is 10.1 Å². The number of fused-ring (bicyclic) bond motifs is 1. The summed E-state index contributed by atoms with van der Waals surface area (Å²) < 4.78 is 7.10. The molecule has 2 aromatic rings. The molecule has 0 saturated heterocycles. The smallest absolute Gasteiger partial charge is 0.255 e. The van der Waals surface area contributed by atoms with Crippen molar-refractivity contribution < 1.29 is 9.53 Å². The van der Waals surface area contributed by atoms with Crippen LogP contribution >= 0.6 is 0 Å². The van der Waals surface area contributed by atoms with Gasteiger partial charge in [0.2, 0.25) is 5.88 Å². The molecule has 1 amide bonds. The SMILES string of the molecule is COc1cc(C)n2ccc(C(=O)NC(C)(C)C3CC3)c2n1. The average molecular weight is 287 g/mol. The lowest BCUT2D eigenvalue weighted by Crippen LogP contribution is -2.45. The van der Waals surface area contributed by atoms with Gasteiger partial charge in [-0.25, -0.2) is 0 Å². The Morgan fingerprint density at radius 1 is 1.48 bits per heavy atom. The molecule has 1 aliphatic rings. The maximum absolute atomic E-state index is 12.6. The first kappa shape index (κ1) is 13.9. The molecule has 21 heavy (non-hydrogen) atoms. The minimum atomic E-state index is -0.167. The van der Waals surface area contributed by atoms with Crippen molar-refractivity contribution in [2.45, 2.75) is 39.2 Å². The fraction of sp³-hybridized carbons (Fsp3) is 0.500. The summed E-state index contributed by atoms with van der Waals surface area (Å²) in [5.41, 5.74) is 2.04. The van der Waals surface area contributed by atoms with Crippen LogP contribution in [-0.2, 0) is 0 Å². The van der Waals surface area contributed by atoms with Gasteiger partial charge >= 0.3 is 0 Å². The van der Waals surface area contributed by atoms with Gasteiger partial charge in [-0.3, -0.25) is 4.79 Å². The number of nitrogens with one attached hydrogen (secondary N) is 1. The van der Waals surface area contributed by atoms with Gasteiger partial charge in [0.1, 0.15) is 0 Å². The zero-order valence-electron chi connectivity index (χ0n) is 12.9. The molecular weight excluding hydrogens is 266 g/mol. The Labute approximate surface area is 124 Å². The summed E-state index contributed by atoms with van der Waals surface area (Å²) in [6.07, 6.45) is 4.25. The summed E-state index contributed by atoms with van der Waals surface area (Å²) in [6, 6.07) is 3.66. The van der Waals surface area contributed by atoms with E-state index in [1.54, 1.807) is 7.11 Å². The Kier molecular flexibility index (Phi) is 3.15. The van der Waals surface area contributed by atoms with Crippen molar-refractivity contribution in [1.82, 2.24) is 14.7 Å². The number of ether oxygens (including phenoxy) is 1. The summed E-state index contributed by atoms with van der Waals surface area (Å²) in [7, 11) is 1.58. The van der Waals surface area contributed by atoms with Crippen LogP contribution in [0.1, 0.15) is 42.7 Å². The van der Waals surface area contributed by atoms with Crippen molar-refractivity contribution in [3.8, 4) is 5.88 Å². The van der Waals surface area contributed by atoms with E-state index in [1.807, 2.05) is 29.7 Å². The molecule has 0 aliphatic heterocycles. The molecule has 2 heterocycles. The fourth-order valence-corrected chi connectivity index (χ4v) is 2.76. The zero-order valence-corrected chi connectivity index (χ0v) is 12.9. The molecular formula is C16H21N3O2. The Hall–Kier alpha value is -2.04. The minimum absolute atomic E-state index is 0.0745. The maximum atomic E-state index is 12.6. The van der Waals surface area contributed by atoms with Gasteiger partial charge in [0.05, 0.1) is 12.7 Å². The number of hydrogen-bond donors (Lipinski definition) is 1. The third-order valence-corrected chi connectivity index (χ3v) is 4.28. The Morgan fingerprint density at radius 3 is 2.81 bits per heavy atom. The maximum Gasteiger partial charge on any atom is 0.255 e. The van der Waals surface area contributed by atoms with Crippen LogP contribution in [0.25, 0.3) is 5.65 Å². The van der Waals surface area contributed by atoms with Crippen LogP contribution in [0.5, 0.6) is 5.88 Å². The normalized spacial score (nSPS) is 15.2. The molecule has 112 valence electrons. The summed E-state index contributed by atoms with van der Waals surface area (Å²) >= 11 is 0. The minimum Gasteiger partial charge on any atom is -0.481 e. The van der Waals surface area contributed by atoms with Crippen molar-refractivity contribution in [1.29, 1.82) is 0 Å².